The van der Waals surface area contributed by atoms with Crippen LogP contribution in [0.15, 0.2) is 97.2 Å². The van der Waals surface area contributed by atoms with E-state index in [1.54, 1.807) is 12.3 Å². The molecule has 1 aliphatic heterocycles. The third-order valence-corrected chi connectivity index (χ3v) is 5.63. The molecule has 0 spiro atoms. The molecular weight excluding hydrogens is 442 g/mol. The van der Waals surface area contributed by atoms with Gasteiger partial charge in [0, 0.05) is 41.8 Å². The van der Waals surface area contributed by atoms with Crippen molar-refractivity contribution in [2.75, 3.05) is 16.0 Å². The van der Waals surface area contributed by atoms with E-state index in [0.29, 0.717) is 29.1 Å². The molecule has 1 aliphatic rings. The van der Waals surface area contributed by atoms with Crippen molar-refractivity contribution >= 4 is 40.1 Å². The van der Waals surface area contributed by atoms with Crippen molar-refractivity contribution in [2.24, 2.45) is 0 Å². The second-order valence-corrected chi connectivity index (χ2v) is 7.95. The molecule has 0 atom stereocenters. The molecule has 35 heavy (non-hydrogen) atoms. The molecule has 1 amide bonds. The van der Waals surface area contributed by atoms with Crippen molar-refractivity contribution in [1.82, 2.24) is 4.98 Å². The van der Waals surface area contributed by atoms with E-state index < -0.39 is 4.92 Å². The molecule has 5 rings (SSSR count). The van der Waals surface area contributed by atoms with Crippen LogP contribution in [-0.2, 0) is 11.3 Å². The number of aromatic nitrogens is 1. The maximum atomic E-state index is 13.0. The van der Waals surface area contributed by atoms with Crippen LogP contribution in [0.5, 0.6) is 0 Å². The Bertz CT molecular complexity index is 1420. The van der Waals surface area contributed by atoms with E-state index in [9.17, 15) is 14.9 Å². The summed E-state index contributed by atoms with van der Waals surface area (Å²) >= 11 is 0. The normalized spacial score (nSPS) is 13.5. The summed E-state index contributed by atoms with van der Waals surface area (Å²) in [7, 11) is 0. The van der Waals surface area contributed by atoms with Gasteiger partial charge in [0.2, 0.25) is 0 Å². The van der Waals surface area contributed by atoms with Crippen molar-refractivity contribution in [1.29, 1.82) is 0 Å². The van der Waals surface area contributed by atoms with Crippen LogP contribution in [0, 0.1) is 10.1 Å². The molecule has 0 saturated heterocycles. The average molecular weight is 463 g/mol. The van der Waals surface area contributed by atoms with E-state index in [-0.39, 0.29) is 11.6 Å². The van der Waals surface area contributed by atoms with Gasteiger partial charge in [0.25, 0.3) is 11.6 Å². The molecule has 3 N–H and O–H groups in total. The van der Waals surface area contributed by atoms with E-state index in [0.717, 1.165) is 22.6 Å². The third-order valence-electron chi connectivity index (χ3n) is 5.63. The standard InChI is InChI=1S/C27H21N5O3/c33-27-25(22-16-21(32(34)35)13-14-23(22)31-27)26(19-6-2-1-3-7-19)30-20-11-9-18(10-12-20)17-29-24-8-4-5-15-28-24/h1-16,30H,17H2,(H,28,29)(H,31,33)/b26-25-. The highest BCUT2D eigenvalue weighted by Gasteiger charge is 2.30. The summed E-state index contributed by atoms with van der Waals surface area (Å²) in [6, 6.07) is 27.3. The zero-order valence-corrected chi connectivity index (χ0v) is 18.6. The molecule has 8 heteroatoms. The van der Waals surface area contributed by atoms with Crippen LogP contribution in [0.1, 0.15) is 16.7 Å². The molecule has 0 radical (unpaired) electrons. The first-order chi connectivity index (χ1) is 17.1. The van der Waals surface area contributed by atoms with E-state index in [1.807, 2.05) is 72.8 Å². The number of nitrogens with one attached hydrogen (secondary N) is 3. The van der Waals surface area contributed by atoms with Crippen molar-refractivity contribution in [3.8, 4) is 0 Å². The molecule has 0 fully saturated rings. The highest BCUT2D eigenvalue weighted by atomic mass is 16.6. The van der Waals surface area contributed by atoms with Gasteiger partial charge in [0.15, 0.2) is 0 Å². The monoisotopic (exact) mass is 463 g/mol. The first kappa shape index (κ1) is 21.8. The Balaban J connectivity index is 1.48. The lowest BCUT2D eigenvalue weighted by molar-refractivity contribution is -0.384. The number of nitro groups is 1. The SMILES string of the molecule is O=C1Nc2ccc([N+](=O)[O-])cc2/C1=C(/Nc1ccc(CNc2ccccn2)cc1)c1ccccc1. The van der Waals surface area contributed by atoms with Gasteiger partial charge in [-0.15, -0.1) is 0 Å². The fraction of sp³-hybridized carbons (Fsp3) is 0.0370. The molecule has 4 aromatic rings. The number of fused-ring (bicyclic) bond motifs is 1. The minimum Gasteiger partial charge on any atom is -0.366 e. The van der Waals surface area contributed by atoms with Gasteiger partial charge in [0.1, 0.15) is 5.82 Å². The number of amides is 1. The topological polar surface area (TPSA) is 109 Å². The number of carbonyl (C=O) groups excluding carboxylic acids is 1. The summed E-state index contributed by atoms with van der Waals surface area (Å²) in [4.78, 5) is 28.2. The molecule has 1 aromatic heterocycles. The Morgan fingerprint density at radius 3 is 2.43 bits per heavy atom. The van der Waals surface area contributed by atoms with Gasteiger partial charge in [0.05, 0.1) is 16.2 Å². The molecular formula is C27H21N5O3. The number of pyridine rings is 1. The summed E-state index contributed by atoms with van der Waals surface area (Å²) in [5.74, 6) is 0.480. The molecule has 8 nitrogen and oxygen atoms in total. The zero-order valence-electron chi connectivity index (χ0n) is 18.6. The maximum absolute atomic E-state index is 13.0. The largest absolute Gasteiger partial charge is 0.366 e. The highest BCUT2D eigenvalue weighted by molar-refractivity contribution is 6.37. The number of hydrogen-bond acceptors (Lipinski definition) is 6. The second kappa shape index (κ2) is 9.48. The summed E-state index contributed by atoms with van der Waals surface area (Å²) < 4.78 is 0. The number of carbonyl (C=O) groups is 1. The van der Waals surface area contributed by atoms with Crippen LogP contribution in [-0.4, -0.2) is 15.8 Å². The van der Waals surface area contributed by atoms with Gasteiger partial charge in [-0.1, -0.05) is 48.5 Å². The maximum Gasteiger partial charge on any atom is 0.270 e. The van der Waals surface area contributed by atoms with Crippen molar-refractivity contribution < 1.29 is 9.72 Å². The van der Waals surface area contributed by atoms with Crippen molar-refractivity contribution in [3.63, 3.8) is 0 Å². The second-order valence-electron chi connectivity index (χ2n) is 7.95. The first-order valence-electron chi connectivity index (χ1n) is 11.0. The minimum absolute atomic E-state index is 0.0741. The molecule has 0 saturated carbocycles. The van der Waals surface area contributed by atoms with Gasteiger partial charge in [-0.25, -0.2) is 4.98 Å². The van der Waals surface area contributed by atoms with Gasteiger partial charge in [-0.05, 0) is 41.5 Å². The van der Waals surface area contributed by atoms with Crippen LogP contribution in [0.3, 0.4) is 0 Å². The Labute approximate surface area is 201 Å². The van der Waals surface area contributed by atoms with Crippen molar-refractivity contribution in [2.45, 2.75) is 6.54 Å². The fourth-order valence-electron chi connectivity index (χ4n) is 3.91. The molecule has 3 aromatic carbocycles. The number of benzene rings is 3. The van der Waals surface area contributed by atoms with Crippen LogP contribution >= 0.6 is 0 Å². The number of nitrogens with zero attached hydrogens (tertiary/aromatic N) is 2. The van der Waals surface area contributed by atoms with Crippen LogP contribution < -0.4 is 16.0 Å². The Morgan fingerprint density at radius 1 is 0.943 bits per heavy atom. The van der Waals surface area contributed by atoms with E-state index in [2.05, 4.69) is 20.9 Å². The number of hydrogen-bond donors (Lipinski definition) is 3. The Kier molecular flexibility index (Phi) is 5.92. The molecule has 0 bridgehead atoms. The lowest BCUT2D eigenvalue weighted by Gasteiger charge is -2.15. The molecule has 172 valence electrons. The van der Waals surface area contributed by atoms with Gasteiger partial charge >= 0.3 is 0 Å². The van der Waals surface area contributed by atoms with E-state index >= 15 is 0 Å². The lowest BCUT2D eigenvalue weighted by atomic mass is 9.99. The summed E-state index contributed by atoms with van der Waals surface area (Å²) in [6.07, 6.45) is 1.74. The molecule has 2 heterocycles. The fourth-order valence-corrected chi connectivity index (χ4v) is 3.91. The van der Waals surface area contributed by atoms with Gasteiger partial charge < -0.3 is 16.0 Å². The summed E-state index contributed by atoms with van der Waals surface area (Å²) in [6.45, 7) is 0.614. The summed E-state index contributed by atoms with van der Waals surface area (Å²) in [5, 5.41) is 20.8. The lowest BCUT2D eigenvalue weighted by Crippen LogP contribution is -2.10. The van der Waals surface area contributed by atoms with Crippen LogP contribution in [0.4, 0.5) is 22.9 Å². The molecule has 0 aliphatic carbocycles. The number of nitro benzene ring substituents is 1. The van der Waals surface area contributed by atoms with Crippen LogP contribution in [0.25, 0.3) is 11.3 Å². The summed E-state index contributed by atoms with van der Waals surface area (Å²) in [5.41, 5.74) is 4.53. The van der Waals surface area contributed by atoms with Crippen LogP contribution in [0.2, 0.25) is 0 Å². The average Bonchev–Trinajstić information content (AvgIpc) is 3.22. The minimum atomic E-state index is -0.464. The number of anilines is 3. The van der Waals surface area contributed by atoms with Crippen molar-refractivity contribution in [3.05, 3.63) is 124 Å². The number of rotatable bonds is 7. The quantitative estimate of drug-likeness (QED) is 0.189. The predicted octanol–water partition coefficient (Wildman–Crippen LogP) is 5.53. The third kappa shape index (κ3) is 4.72. The first-order valence-corrected chi connectivity index (χ1v) is 11.0. The van der Waals surface area contributed by atoms with E-state index in [1.165, 1.54) is 12.1 Å². The predicted molar refractivity (Wildman–Crippen MR) is 137 cm³/mol. The van der Waals surface area contributed by atoms with Gasteiger partial charge in [-0.2, -0.15) is 0 Å². The molecule has 0 unspecified atom stereocenters. The Hall–Kier alpha value is -4.98. The Morgan fingerprint density at radius 2 is 1.71 bits per heavy atom. The number of non-ortho nitro benzene ring substituents is 1. The smallest absolute Gasteiger partial charge is 0.270 e. The zero-order chi connectivity index (χ0) is 24.2. The highest BCUT2D eigenvalue weighted by Crippen LogP contribution is 2.39. The van der Waals surface area contributed by atoms with E-state index in [4.69, 9.17) is 0 Å². The van der Waals surface area contributed by atoms with Gasteiger partial charge in [-0.3, -0.25) is 14.9 Å².